The molecule has 1 atom stereocenters. The number of hydrogen-bond acceptors (Lipinski definition) is 3. The Morgan fingerprint density at radius 1 is 1.62 bits per heavy atom. The average Bonchev–Trinajstić information content (AvgIpc) is 2.49. The molecule has 13 heavy (non-hydrogen) atoms. The Hall–Kier alpha value is -0.960. The third-order valence-electron chi connectivity index (χ3n) is 2.29. The van der Waals surface area contributed by atoms with Crippen molar-refractivity contribution in [3.63, 3.8) is 0 Å². The first kappa shape index (κ1) is 8.63. The summed E-state index contributed by atoms with van der Waals surface area (Å²) in [6.07, 6.45) is 0. The van der Waals surface area contributed by atoms with Gasteiger partial charge in [-0.1, -0.05) is 6.07 Å². The zero-order valence-corrected chi connectivity index (χ0v) is 8.10. The first-order valence-corrected chi connectivity index (χ1v) is 5.14. The van der Waals surface area contributed by atoms with Crippen LogP contribution in [0.4, 0.5) is 0 Å². The molecule has 2 rings (SSSR count). The van der Waals surface area contributed by atoms with Crippen molar-refractivity contribution >= 4 is 17.5 Å². The zero-order chi connectivity index (χ0) is 9.42. The van der Waals surface area contributed by atoms with Gasteiger partial charge in [0.05, 0.1) is 5.92 Å². The van der Waals surface area contributed by atoms with E-state index < -0.39 is 0 Å². The highest BCUT2D eigenvalue weighted by molar-refractivity contribution is 7.99. The maximum absolute atomic E-state index is 11.2. The highest BCUT2D eigenvalue weighted by Gasteiger charge is 2.29. The fourth-order valence-electron chi connectivity index (χ4n) is 1.59. The van der Waals surface area contributed by atoms with Crippen LogP contribution in [0.2, 0.25) is 0 Å². The molecule has 1 unspecified atom stereocenters. The summed E-state index contributed by atoms with van der Waals surface area (Å²) in [7, 11) is 0. The van der Waals surface area contributed by atoms with E-state index in [1.165, 1.54) is 0 Å². The summed E-state index contributed by atoms with van der Waals surface area (Å²) in [5, 5.41) is 9.59. The molecule has 1 N–H and O–H groups in total. The van der Waals surface area contributed by atoms with E-state index in [2.05, 4.69) is 0 Å². The van der Waals surface area contributed by atoms with Gasteiger partial charge >= 0.3 is 0 Å². The van der Waals surface area contributed by atoms with E-state index in [9.17, 15) is 9.90 Å². The maximum Gasteiger partial charge on any atom is 0.138 e. The minimum absolute atomic E-state index is 0.110. The zero-order valence-electron chi connectivity index (χ0n) is 7.28. The van der Waals surface area contributed by atoms with Crippen LogP contribution in [-0.2, 0) is 4.79 Å². The topological polar surface area (TPSA) is 37.3 Å². The van der Waals surface area contributed by atoms with Crippen LogP contribution in [0.25, 0.3) is 0 Å². The number of fused-ring (bicyclic) bond motifs is 1. The summed E-state index contributed by atoms with van der Waals surface area (Å²) in [5.74, 6) is 1.04. The number of ketones is 1. The van der Waals surface area contributed by atoms with Gasteiger partial charge in [-0.25, -0.2) is 0 Å². The molecule has 0 spiro atoms. The Morgan fingerprint density at radius 2 is 2.38 bits per heavy atom. The molecule has 0 radical (unpaired) electrons. The third kappa shape index (κ3) is 1.33. The van der Waals surface area contributed by atoms with Crippen molar-refractivity contribution in [1.82, 2.24) is 0 Å². The van der Waals surface area contributed by atoms with E-state index in [-0.39, 0.29) is 17.5 Å². The first-order chi connectivity index (χ1) is 6.20. The largest absolute Gasteiger partial charge is 0.508 e. The summed E-state index contributed by atoms with van der Waals surface area (Å²) in [4.78, 5) is 12.3. The lowest BCUT2D eigenvalue weighted by molar-refractivity contribution is -0.117. The van der Waals surface area contributed by atoms with E-state index in [0.29, 0.717) is 0 Å². The number of phenolic OH excluding ortho intramolecular Hbond substituents is 1. The predicted octanol–water partition coefficient (Wildman–Crippen LogP) is 2.17. The van der Waals surface area contributed by atoms with Crippen LogP contribution in [-0.4, -0.2) is 16.6 Å². The van der Waals surface area contributed by atoms with E-state index in [4.69, 9.17) is 0 Å². The molecule has 1 aliphatic rings. The molecule has 2 nitrogen and oxygen atoms in total. The van der Waals surface area contributed by atoms with E-state index >= 15 is 0 Å². The molecule has 68 valence electrons. The number of carbonyl (C=O) groups is 1. The van der Waals surface area contributed by atoms with Gasteiger partial charge in [0.1, 0.15) is 11.5 Å². The molecular formula is C10H10O2S. The van der Waals surface area contributed by atoms with Gasteiger partial charge in [0.25, 0.3) is 0 Å². The Kier molecular flexibility index (Phi) is 2.04. The maximum atomic E-state index is 11.2. The van der Waals surface area contributed by atoms with Gasteiger partial charge in [-0.05, 0) is 19.1 Å². The molecule has 0 fully saturated rings. The van der Waals surface area contributed by atoms with Crippen LogP contribution in [0.15, 0.2) is 23.1 Å². The number of hydrogen-bond donors (Lipinski definition) is 1. The molecule has 1 aromatic carbocycles. The minimum Gasteiger partial charge on any atom is -0.508 e. The van der Waals surface area contributed by atoms with E-state index in [1.54, 1.807) is 24.8 Å². The second-order valence-electron chi connectivity index (χ2n) is 3.16. The molecule has 3 heteroatoms. The second-order valence-corrected chi connectivity index (χ2v) is 4.23. The fourth-order valence-corrected chi connectivity index (χ4v) is 2.91. The number of phenols is 1. The molecule has 1 heterocycles. The normalized spacial score (nSPS) is 19.9. The van der Waals surface area contributed by atoms with Crippen molar-refractivity contribution in [2.45, 2.75) is 17.7 Å². The Labute approximate surface area is 81.0 Å². The van der Waals surface area contributed by atoms with Crippen LogP contribution in [0.3, 0.4) is 0 Å². The number of carbonyl (C=O) groups excluding carboxylic acids is 1. The molecule has 0 bridgehead atoms. The van der Waals surface area contributed by atoms with E-state index in [0.717, 1.165) is 16.2 Å². The fraction of sp³-hybridized carbons (Fsp3) is 0.300. The monoisotopic (exact) mass is 194 g/mol. The van der Waals surface area contributed by atoms with Gasteiger partial charge in [0.15, 0.2) is 0 Å². The lowest BCUT2D eigenvalue weighted by Crippen LogP contribution is -2.07. The number of aromatic hydroxyl groups is 1. The predicted molar refractivity (Wildman–Crippen MR) is 52.3 cm³/mol. The van der Waals surface area contributed by atoms with Crippen LogP contribution in [0, 0.1) is 0 Å². The summed E-state index contributed by atoms with van der Waals surface area (Å²) in [5.41, 5.74) is 0.819. The smallest absolute Gasteiger partial charge is 0.138 e. The van der Waals surface area contributed by atoms with Crippen molar-refractivity contribution in [3.05, 3.63) is 23.8 Å². The standard InChI is InChI=1S/C10H10O2S/c1-6(11)7-5-13-9-4-2-3-8(12)10(7)9/h2-4,7,12H,5H2,1H3. The van der Waals surface area contributed by atoms with E-state index in [1.807, 2.05) is 12.1 Å². The van der Waals surface area contributed by atoms with Crippen molar-refractivity contribution < 1.29 is 9.90 Å². The van der Waals surface area contributed by atoms with Crippen LogP contribution >= 0.6 is 11.8 Å². The van der Waals surface area contributed by atoms with Gasteiger partial charge in [-0.2, -0.15) is 0 Å². The lowest BCUT2D eigenvalue weighted by Gasteiger charge is -2.07. The average molecular weight is 194 g/mol. The summed E-state index contributed by atoms with van der Waals surface area (Å²) in [6.45, 7) is 1.58. The number of benzene rings is 1. The number of Topliss-reactive ketones (excluding diaryl/α,β-unsaturated/α-hetero) is 1. The van der Waals surface area contributed by atoms with Gasteiger partial charge in [0.2, 0.25) is 0 Å². The first-order valence-electron chi connectivity index (χ1n) is 4.15. The summed E-state index contributed by atoms with van der Waals surface area (Å²) in [6, 6.07) is 5.40. The SMILES string of the molecule is CC(=O)C1CSc2cccc(O)c21. The highest BCUT2D eigenvalue weighted by Crippen LogP contribution is 2.44. The van der Waals surface area contributed by atoms with Gasteiger partial charge < -0.3 is 5.11 Å². The van der Waals surface area contributed by atoms with Gasteiger partial charge in [-0.3, -0.25) is 4.79 Å². The van der Waals surface area contributed by atoms with Crippen molar-refractivity contribution in [2.24, 2.45) is 0 Å². The molecule has 1 aliphatic heterocycles. The third-order valence-corrected chi connectivity index (χ3v) is 3.45. The Balaban J connectivity index is 2.52. The second kappa shape index (κ2) is 3.07. The van der Waals surface area contributed by atoms with Crippen LogP contribution in [0.1, 0.15) is 18.4 Å². The molecule has 0 amide bonds. The molecule has 0 aromatic heterocycles. The van der Waals surface area contributed by atoms with Crippen LogP contribution < -0.4 is 0 Å². The number of rotatable bonds is 1. The molecule has 0 aliphatic carbocycles. The molecule has 0 saturated carbocycles. The van der Waals surface area contributed by atoms with Crippen LogP contribution in [0.5, 0.6) is 5.75 Å². The van der Waals surface area contributed by atoms with Crippen molar-refractivity contribution in [2.75, 3.05) is 5.75 Å². The van der Waals surface area contributed by atoms with Crippen molar-refractivity contribution in [1.29, 1.82) is 0 Å². The molecule has 1 aromatic rings. The quantitative estimate of drug-likeness (QED) is 0.744. The molecular weight excluding hydrogens is 184 g/mol. The Bertz CT molecular complexity index is 360. The Morgan fingerprint density at radius 3 is 3.08 bits per heavy atom. The number of thioether (sulfide) groups is 1. The van der Waals surface area contributed by atoms with Crippen molar-refractivity contribution in [3.8, 4) is 5.75 Å². The summed E-state index contributed by atoms with van der Waals surface area (Å²) < 4.78 is 0. The lowest BCUT2D eigenvalue weighted by atomic mass is 9.97. The highest BCUT2D eigenvalue weighted by atomic mass is 32.2. The minimum atomic E-state index is -0.110. The summed E-state index contributed by atoms with van der Waals surface area (Å²) >= 11 is 1.64. The van der Waals surface area contributed by atoms with Gasteiger partial charge in [-0.15, -0.1) is 11.8 Å². The van der Waals surface area contributed by atoms with Gasteiger partial charge in [0, 0.05) is 16.2 Å². The molecule has 0 saturated heterocycles.